The lowest BCUT2D eigenvalue weighted by Crippen LogP contribution is -2.01. The maximum Gasteiger partial charge on any atom is 0.272 e. The molecule has 0 bridgehead atoms. The van der Waals surface area contributed by atoms with E-state index in [0.29, 0.717) is 29.2 Å². The molecule has 0 saturated carbocycles. The summed E-state index contributed by atoms with van der Waals surface area (Å²) >= 11 is 3.39. The van der Waals surface area contributed by atoms with E-state index in [0.717, 1.165) is 10.0 Å². The van der Waals surface area contributed by atoms with Crippen LogP contribution >= 0.6 is 15.9 Å². The molecule has 0 radical (unpaired) electrons. The van der Waals surface area contributed by atoms with Gasteiger partial charge in [0.05, 0.1) is 4.92 Å². The minimum atomic E-state index is -0.392. The van der Waals surface area contributed by atoms with E-state index in [1.165, 1.54) is 6.07 Å². The molecule has 6 heteroatoms. The summed E-state index contributed by atoms with van der Waals surface area (Å²) in [5, 5.41) is 10.9. The second-order valence-corrected chi connectivity index (χ2v) is 5.64. The van der Waals surface area contributed by atoms with E-state index in [9.17, 15) is 10.1 Å². The number of hydrogen-bond donors (Lipinski definition) is 1. The monoisotopic (exact) mass is 350 g/mol. The Kier molecular flexibility index (Phi) is 4.59. The lowest BCUT2D eigenvalue weighted by Gasteiger charge is -2.13. The van der Waals surface area contributed by atoms with E-state index in [1.807, 2.05) is 18.2 Å². The van der Waals surface area contributed by atoms with E-state index in [2.05, 4.69) is 15.9 Å². The Morgan fingerprint density at radius 1 is 1.19 bits per heavy atom. The van der Waals surface area contributed by atoms with Gasteiger partial charge >= 0.3 is 0 Å². The van der Waals surface area contributed by atoms with E-state index in [1.54, 1.807) is 19.9 Å². The number of hydrogen-bond acceptors (Lipinski definition) is 4. The molecule has 0 aliphatic heterocycles. The molecule has 2 aromatic carbocycles. The van der Waals surface area contributed by atoms with Crippen LogP contribution in [0.4, 0.5) is 5.69 Å². The molecule has 0 spiro atoms. The molecule has 0 aliphatic rings. The fraction of sp³-hybridized carbons (Fsp3) is 0.200. The van der Waals surface area contributed by atoms with Crippen molar-refractivity contribution in [2.75, 3.05) is 0 Å². The van der Waals surface area contributed by atoms with Crippen LogP contribution in [0.2, 0.25) is 0 Å². The number of ether oxygens (including phenoxy) is 1. The van der Waals surface area contributed by atoms with Gasteiger partial charge in [-0.2, -0.15) is 0 Å². The highest BCUT2D eigenvalue weighted by Crippen LogP contribution is 2.33. The van der Waals surface area contributed by atoms with Crippen molar-refractivity contribution in [3.63, 3.8) is 0 Å². The normalized spacial score (nSPS) is 10.5. The Bertz CT molecular complexity index is 702. The number of nitro groups is 1. The molecule has 2 N–H and O–H groups in total. The van der Waals surface area contributed by atoms with Gasteiger partial charge < -0.3 is 10.5 Å². The van der Waals surface area contributed by atoms with Gasteiger partial charge in [-0.3, -0.25) is 10.1 Å². The number of rotatable bonds is 4. The lowest BCUT2D eigenvalue weighted by atomic mass is 10.1. The number of nitro benzene ring substituents is 1. The molecule has 5 nitrogen and oxygen atoms in total. The van der Waals surface area contributed by atoms with E-state index < -0.39 is 4.92 Å². The Balaban J connectivity index is 2.41. The molecule has 0 heterocycles. The fourth-order valence-corrected chi connectivity index (χ4v) is 2.42. The van der Waals surface area contributed by atoms with Crippen LogP contribution in [0.15, 0.2) is 34.8 Å². The molecule has 21 heavy (non-hydrogen) atoms. The van der Waals surface area contributed by atoms with Gasteiger partial charge in [0.25, 0.3) is 5.69 Å². The third kappa shape index (κ3) is 3.40. The summed E-state index contributed by atoms with van der Waals surface area (Å²) in [7, 11) is 0. The van der Waals surface area contributed by atoms with Gasteiger partial charge in [0.15, 0.2) is 0 Å². The molecular weight excluding hydrogens is 336 g/mol. The highest BCUT2D eigenvalue weighted by Gasteiger charge is 2.15. The van der Waals surface area contributed by atoms with E-state index in [-0.39, 0.29) is 5.69 Å². The zero-order chi connectivity index (χ0) is 15.6. The Morgan fingerprint density at radius 2 is 1.90 bits per heavy atom. The van der Waals surface area contributed by atoms with Crippen LogP contribution in [-0.4, -0.2) is 4.92 Å². The molecule has 2 aromatic rings. The fourth-order valence-electron chi connectivity index (χ4n) is 2.01. The topological polar surface area (TPSA) is 78.4 Å². The largest absolute Gasteiger partial charge is 0.457 e. The minimum absolute atomic E-state index is 0.0923. The first-order chi connectivity index (χ1) is 9.92. The van der Waals surface area contributed by atoms with Gasteiger partial charge in [0, 0.05) is 28.2 Å². The average molecular weight is 351 g/mol. The maximum absolute atomic E-state index is 10.9. The summed E-state index contributed by atoms with van der Waals surface area (Å²) in [6.07, 6.45) is 0. The van der Waals surface area contributed by atoms with Crippen molar-refractivity contribution >= 4 is 21.6 Å². The van der Waals surface area contributed by atoms with Gasteiger partial charge in [-0.1, -0.05) is 15.9 Å². The predicted molar refractivity (Wildman–Crippen MR) is 84.7 cm³/mol. The molecule has 2 rings (SSSR count). The van der Waals surface area contributed by atoms with Crippen molar-refractivity contribution < 1.29 is 9.66 Å². The predicted octanol–water partition coefficient (Wildman–Crippen LogP) is 4.23. The molecule has 110 valence electrons. The van der Waals surface area contributed by atoms with Gasteiger partial charge in [-0.15, -0.1) is 0 Å². The molecular formula is C15H15BrN2O3. The first-order valence-electron chi connectivity index (χ1n) is 6.34. The zero-order valence-corrected chi connectivity index (χ0v) is 13.3. The summed E-state index contributed by atoms with van der Waals surface area (Å²) in [4.78, 5) is 10.5. The second-order valence-electron chi connectivity index (χ2n) is 4.72. The van der Waals surface area contributed by atoms with Crippen LogP contribution in [-0.2, 0) is 6.54 Å². The molecule has 0 amide bonds. The number of benzene rings is 2. The Hall–Kier alpha value is -1.92. The highest BCUT2D eigenvalue weighted by molar-refractivity contribution is 9.10. The first-order valence-corrected chi connectivity index (χ1v) is 7.13. The van der Waals surface area contributed by atoms with Crippen molar-refractivity contribution in [3.05, 3.63) is 61.6 Å². The summed E-state index contributed by atoms with van der Waals surface area (Å²) in [5.41, 5.74) is 7.94. The SMILES string of the molecule is Cc1cc([N+](=O)[O-])c(C)cc1Oc1ccc(Br)cc1CN. The third-order valence-electron chi connectivity index (χ3n) is 3.15. The van der Waals surface area contributed by atoms with Gasteiger partial charge in [0.1, 0.15) is 11.5 Å². The standard InChI is InChI=1S/C15H15BrN2O3/c1-9-6-15(10(2)5-13(9)18(19)20)21-14-4-3-12(16)7-11(14)8-17/h3-7H,8,17H2,1-2H3. The maximum atomic E-state index is 10.9. The van der Waals surface area contributed by atoms with E-state index >= 15 is 0 Å². The highest BCUT2D eigenvalue weighted by atomic mass is 79.9. The second kappa shape index (κ2) is 6.24. The third-order valence-corrected chi connectivity index (χ3v) is 3.65. The minimum Gasteiger partial charge on any atom is -0.457 e. The quantitative estimate of drug-likeness (QED) is 0.661. The molecule has 0 aliphatic carbocycles. The Morgan fingerprint density at radius 3 is 2.52 bits per heavy atom. The van der Waals surface area contributed by atoms with Gasteiger partial charge in [0.2, 0.25) is 0 Å². The molecule has 0 fully saturated rings. The van der Waals surface area contributed by atoms with Crippen molar-refractivity contribution in [1.82, 2.24) is 0 Å². The summed E-state index contributed by atoms with van der Waals surface area (Å²) < 4.78 is 6.80. The zero-order valence-electron chi connectivity index (χ0n) is 11.7. The summed E-state index contributed by atoms with van der Waals surface area (Å²) in [6, 6.07) is 8.77. The van der Waals surface area contributed by atoms with Crippen LogP contribution in [0.1, 0.15) is 16.7 Å². The van der Waals surface area contributed by atoms with Crippen molar-refractivity contribution in [2.24, 2.45) is 5.73 Å². The molecule has 0 unspecified atom stereocenters. The molecule has 0 saturated heterocycles. The summed E-state index contributed by atoms with van der Waals surface area (Å²) in [6.45, 7) is 3.82. The molecule has 0 atom stereocenters. The van der Waals surface area contributed by atoms with Crippen LogP contribution in [0.3, 0.4) is 0 Å². The number of halogens is 1. The van der Waals surface area contributed by atoms with Crippen molar-refractivity contribution in [3.8, 4) is 11.5 Å². The summed E-state index contributed by atoms with van der Waals surface area (Å²) in [5.74, 6) is 1.24. The number of nitrogens with zero attached hydrogens (tertiary/aromatic N) is 1. The lowest BCUT2D eigenvalue weighted by molar-refractivity contribution is -0.385. The van der Waals surface area contributed by atoms with Crippen LogP contribution in [0.25, 0.3) is 0 Å². The van der Waals surface area contributed by atoms with Gasteiger partial charge in [-0.05, 0) is 43.7 Å². The van der Waals surface area contributed by atoms with E-state index in [4.69, 9.17) is 10.5 Å². The van der Waals surface area contributed by atoms with Crippen LogP contribution in [0.5, 0.6) is 11.5 Å². The first kappa shape index (κ1) is 15.5. The van der Waals surface area contributed by atoms with Crippen LogP contribution < -0.4 is 10.5 Å². The number of nitrogens with two attached hydrogens (primary N) is 1. The van der Waals surface area contributed by atoms with Crippen molar-refractivity contribution in [1.29, 1.82) is 0 Å². The van der Waals surface area contributed by atoms with Crippen molar-refractivity contribution in [2.45, 2.75) is 20.4 Å². The van der Waals surface area contributed by atoms with Gasteiger partial charge in [-0.25, -0.2) is 0 Å². The molecule has 0 aromatic heterocycles. The Labute approximate surface area is 131 Å². The van der Waals surface area contributed by atoms with Crippen LogP contribution in [0, 0.1) is 24.0 Å². The number of aryl methyl sites for hydroxylation is 2. The smallest absolute Gasteiger partial charge is 0.272 e. The average Bonchev–Trinajstić information content (AvgIpc) is 2.43.